The van der Waals surface area contributed by atoms with Crippen LogP contribution in [0.4, 0.5) is 0 Å². The second-order valence-corrected chi connectivity index (χ2v) is 10.9. The van der Waals surface area contributed by atoms with Gasteiger partial charge >= 0.3 is 0 Å². The van der Waals surface area contributed by atoms with E-state index in [0.717, 1.165) is 25.8 Å². The van der Waals surface area contributed by atoms with Gasteiger partial charge in [0.25, 0.3) is 10.1 Å². The summed E-state index contributed by atoms with van der Waals surface area (Å²) in [6.07, 6.45) is 1.86. The molecule has 4 rings (SSSR count). The lowest BCUT2D eigenvalue weighted by Gasteiger charge is -2.38. The maximum Gasteiger partial charge on any atom is 0.264 e. The molecule has 10 heteroatoms. The predicted molar refractivity (Wildman–Crippen MR) is 140 cm³/mol. The summed E-state index contributed by atoms with van der Waals surface area (Å²) in [6, 6.07) is 10.1. The molecular weight excluding hydrogens is 506 g/mol. The number of rotatable bonds is 8. The highest BCUT2D eigenvalue weighted by molar-refractivity contribution is 7.86. The first-order valence-electron chi connectivity index (χ1n) is 11.7. The van der Waals surface area contributed by atoms with E-state index < -0.39 is 22.1 Å². The van der Waals surface area contributed by atoms with Crippen LogP contribution in [0.25, 0.3) is 22.3 Å². The van der Waals surface area contributed by atoms with E-state index in [1.54, 1.807) is 30.3 Å². The van der Waals surface area contributed by atoms with E-state index in [4.69, 9.17) is 29.7 Å². The first kappa shape index (κ1) is 26.5. The maximum atomic E-state index is 13.4. The number of benzene rings is 2. The fourth-order valence-corrected chi connectivity index (χ4v) is 5.80. The Hall–Kier alpha value is -2.59. The van der Waals surface area contributed by atoms with Crippen molar-refractivity contribution in [2.45, 2.75) is 31.8 Å². The zero-order chi connectivity index (χ0) is 26.0. The van der Waals surface area contributed by atoms with Gasteiger partial charge in [0.2, 0.25) is 0 Å². The molecule has 0 aliphatic carbocycles. The van der Waals surface area contributed by atoms with Crippen LogP contribution in [0.1, 0.15) is 31.2 Å². The van der Waals surface area contributed by atoms with Crippen LogP contribution >= 0.6 is 11.6 Å². The molecule has 194 valence electrons. The summed E-state index contributed by atoms with van der Waals surface area (Å²) in [7, 11) is -0.777. The predicted octanol–water partition coefficient (Wildman–Crippen LogP) is 4.67. The summed E-state index contributed by atoms with van der Waals surface area (Å²) < 4.78 is 47.6. The molecule has 1 aliphatic heterocycles. The van der Waals surface area contributed by atoms with Crippen molar-refractivity contribution >= 4 is 32.7 Å². The van der Waals surface area contributed by atoms with Gasteiger partial charge in [-0.2, -0.15) is 8.42 Å². The minimum atomic E-state index is -3.76. The highest BCUT2D eigenvalue weighted by atomic mass is 35.5. The van der Waals surface area contributed by atoms with Crippen LogP contribution in [0.5, 0.6) is 11.5 Å². The Morgan fingerprint density at radius 1 is 1.14 bits per heavy atom. The standard InChI is InChI=1S/C26H30ClNO7S/c1-5-11-28-12-10-17(23(15-28)35-36(4,30)31)24-21(32-2)14-22(33-3)25-19(29)13-20(34-26(24)25)16-8-6-7-9-18(16)27/h6-9,13-14,17,23H,5,10-12,15H2,1-4H3/t17-,23-/m1/s1. The van der Waals surface area contributed by atoms with Crippen molar-refractivity contribution in [1.82, 2.24) is 4.90 Å². The molecule has 1 aliphatic rings. The van der Waals surface area contributed by atoms with E-state index in [9.17, 15) is 13.2 Å². The number of hydrogen-bond donors (Lipinski definition) is 0. The minimum absolute atomic E-state index is 0.248. The molecule has 0 spiro atoms. The van der Waals surface area contributed by atoms with E-state index in [2.05, 4.69) is 11.8 Å². The van der Waals surface area contributed by atoms with Crippen LogP contribution in [0.15, 0.2) is 45.6 Å². The molecule has 1 fully saturated rings. The molecule has 0 bridgehead atoms. The highest BCUT2D eigenvalue weighted by Gasteiger charge is 2.37. The largest absolute Gasteiger partial charge is 0.496 e. The third-order valence-electron chi connectivity index (χ3n) is 6.40. The molecule has 2 atom stereocenters. The highest BCUT2D eigenvalue weighted by Crippen LogP contribution is 2.44. The van der Waals surface area contributed by atoms with E-state index >= 15 is 0 Å². The molecule has 0 saturated carbocycles. The lowest BCUT2D eigenvalue weighted by molar-refractivity contribution is 0.0739. The lowest BCUT2D eigenvalue weighted by atomic mass is 9.85. The lowest BCUT2D eigenvalue weighted by Crippen LogP contribution is -2.45. The van der Waals surface area contributed by atoms with E-state index in [1.165, 1.54) is 20.3 Å². The second kappa shape index (κ2) is 10.8. The van der Waals surface area contributed by atoms with Gasteiger partial charge in [-0.05, 0) is 38.1 Å². The zero-order valence-electron chi connectivity index (χ0n) is 20.7. The molecule has 1 saturated heterocycles. The van der Waals surface area contributed by atoms with E-state index in [0.29, 0.717) is 46.4 Å². The molecule has 0 amide bonds. The average molecular weight is 536 g/mol. The zero-order valence-corrected chi connectivity index (χ0v) is 22.3. The Labute approximate surface area is 215 Å². The molecule has 0 N–H and O–H groups in total. The second-order valence-electron chi connectivity index (χ2n) is 8.89. The first-order chi connectivity index (χ1) is 17.2. The van der Waals surface area contributed by atoms with Crippen molar-refractivity contribution in [2.24, 2.45) is 0 Å². The van der Waals surface area contributed by atoms with Crippen LogP contribution < -0.4 is 14.9 Å². The van der Waals surface area contributed by atoms with Gasteiger partial charge in [0.05, 0.1) is 31.6 Å². The number of hydrogen-bond acceptors (Lipinski definition) is 8. The smallest absolute Gasteiger partial charge is 0.264 e. The van der Waals surface area contributed by atoms with Gasteiger partial charge in [-0.3, -0.25) is 8.98 Å². The third kappa shape index (κ3) is 5.39. The van der Waals surface area contributed by atoms with Gasteiger partial charge in [0.15, 0.2) is 5.43 Å². The van der Waals surface area contributed by atoms with E-state index in [-0.39, 0.29) is 16.4 Å². The fourth-order valence-electron chi connectivity index (χ4n) is 4.92. The van der Waals surface area contributed by atoms with Crippen molar-refractivity contribution in [3.05, 3.63) is 57.2 Å². The molecule has 0 unspecified atom stereocenters. The van der Waals surface area contributed by atoms with E-state index in [1.807, 2.05) is 0 Å². The van der Waals surface area contributed by atoms with Crippen LogP contribution in [0, 0.1) is 0 Å². The average Bonchev–Trinajstić information content (AvgIpc) is 2.83. The topological polar surface area (TPSA) is 95.3 Å². The Bertz CT molecular complexity index is 1420. The van der Waals surface area contributed by atoms with Crippen LogP contribution in [0.2, 0.25) is 5.02 Å². The minimum Gasteiger partial charge on any atom is -0.496 e. The van der Waals surface area contributed by atoms with Crippen molar-refractivity contribution in [3.63, 3.8) is 0 Å². The summed E-state index contributed by atoms with van der Waals surface area (Å²) >= 11 is 6.41. The molecule has 0 radical (unpaired) electrons. The van der Waals surface area contributed by atoms with Crippen LogP contribution in [-0.2, 0) is 14.3 Å². The number of ether oxygens (including phenoxy) is 2. The van der Waals surface area contributed by atoms with Crippen LogP contribution in [0.3, 0.4) is 0 Å². The number of piperidine rings is 1. The first-order valence-corrected chi connectivity index (χ1v) is 13.9. The van der Waals surface area contributed by atoms with Gasteiger partial charge < -0.3 is 18.8 Å². The van der Waals surface area contributed by atoms with Crippen LogP contribution in [-0.4, -0.2) is 59.5 Å². The summed E-state index contributed by atoms with van der Waals surface area (Å²) in [5, 5.41) is 0.681. The van der Waals surface area contributed by atoms with Crippen molar-refractivity contribution in [1.29, 1.82) is 0 Å². The van der Waals surface area contributed by atoms with Gasteiger partial charge in [-0.15, -0.1) is 0 Å². The van der Waals surface area contributed by atoms with Gasteiger partial charge in [-0.25, -0.2) is 0 Å². The summed E-state index contributed by atoms with van der Waals surface area (Å²) in [5.74, 6) is 0.600. The summed E-state index contributed by atoms with van der Waals surface area (Å²) in [5.41, 5.74) is 1.09. The quantitative estimate of drug-likeness (QED) is 0.384. The Morgan fingerprint density at radius 2 is 1.86 bits per heavy atom. The normalized spacial score (nSPS) is 18.9. The number of halogens is 1. The fraction of sp³-hybridized carbons (Fsp3) is 0.423. The summed E-state index contributed by atoms with van der Waals surface area (Å²) in [4.78, 5) is 15.6. The van der Waals surface area contributed by atoms with Gasteiger partial charge in [-0.1, -0.05) is 30.7 Å². The molecule has 8 nitrogen and oxygen atoms in total. The Morgan fingerprint density at radius 3 is 2.50 bits per heavy atom. The molecule has 36 heavy (non-hydrogen) atoms. The number of methoxy groups -OCH3 is 2. The Balaban J connectivity index is 1.99. The van der Waals surface area contributed by atoms with Gasteiger partial charge in [0.1, 0.15) is 28.2 Å². The van der Waals surface area contributed by atoms with Crippen molar-refractivity contribution in [3.8, 4) is 22.8 Å². The van der Waals surface area contributed by atoms with Gasteiger partial charge in [0, 0.05) is 35.7 Å². The number of nitrogens with zero attached hydrogens (tertiary/aromatic N) is 1. The third-order valence-corrected chi connectivity index (χ3v) is 7.32. The molecule has 1 aromatic heterocycles. The number of fused-ring (bicyclic) bond motifs is 1. The SMILES string of the molecule is CCCN1CC[C@@H](c2c(OC)cc(OC)c3c(=O)cc(-c4ccccc4Cl)oc23)[C@H](OS(C)(=O)=O)C1. The maximum absolute atomic E-state index is 13.4. The molecule has 3 aromatic rings. The number of likely N-dealkylation sites (tertiary alicyclic amines) is 1. The Kier molecular flexibility index (Phi) is 7.94. The molecule has 2 aromatic carbocycles. The summed E-state index contributed by atoms with van der Waals surface area (Å²) in [6.45, 7) is 4.04. The van der Waals surface area contributed by atoms with Crippen molar-refractivity contribution in [2.75, 3.05) is 40.1 Å². The molecular formula is C26H30ClNO7S. The van der Waals surface area contributed by atoms with Crippen molar-refractivity contribution < 1.29 is 26.5 Å². The molecule has 2 heterocycles. The monoisotopic (exact) mass is 535 g/mol.